The molecule has 0 saturated heterocycles. The Morgan fingerprint density at radius 1 is 1.13 bits per heavy atom. The fourth-order valence-corrected chi connectivity index (χ4v) is 3.04. The SMILES string of the molecule is C[C@H](OC(=O)CCc1ccc2c(c1)OCCO2)c1nnc(-c2ccc([N+](=O)[O-])cc2)o1. The second-order valence-electron chi connectivity index (χ2n) is 6.86. The number of rotatable bonds is 7. The Labute approximate surface area is 176 Å². The van der Waals surface area contributed by atoms with Crippen LogP contribution in [0.5, 0.6) is 11.5 Å². The first-order valence-corrected chi connectivity index (χ1v) is 9.66. The largest absolute Gasteiger partial charge is 0.486 e. The van der Waals surface area contributed by atoms with Gasteiger partial charge in [-0.3, -0.25) is 14.9 Å². The van der Waals surface area contributed by atoms with Crippen LogP contribution in [0, 0.1) is 10.1 Å². The van der Waals surface area contributed by atoms with Crippen LogP contribution in [0.1, 0.15) is 30.9 Å². The minimum atomic E-state index is -0.730. The average molecular weight is 425 g/mol. The van der Waals surface area contributed by atoms with Crippen molar-refractivity contribution in [2.24, 2.45) is 0 Å². The highest BCUT2D eigenvalue weighted by molar-refractivity contribution is 5.70. The molecule has 31 heavy (non-hydrogen) atoms. The standard InChI is InChI=1S/C21H19N3O7/c1-13(20-22-23-21(31-20)15-4-6-16(7-5-15)24(26)27)30-19(25)9-3-14-2-8-17-18(12-14)29-11-10-28-17/h2,4-8,12-13H,3,9-11H2,1H3/t13-/m0/s1. The monoisotopic (exact) mass is 425 g/mol. The van der Waals surface area contributed by atoms with Gasteiger partial charge in [-0.1, -0.05) is 6.07 Å². The maximum absolute atomic E-state index is 12.2. The predicted octanol–water partition coefficient (Wildman–Crippen LogP) is 3.65. The van der Waals surface area contributed by atoms with Crippen molar-refractivity contribution < 1.29 is 28.3 Å². The molecule has 1 atom stereocenters. The van der Waals surface area contributed by atoms with Crippen molar-refractivity contribution in [3.63, 3.8) is 0 Å². The summed E-state index contributed by atoms with van der Waals surface area (Å²) >= 11 is 0. The predicted molar refractivity (Wildman–Crippen MR) is 107 cm³/mol. The van der Waals surface area contributed by atoms with Crippen molar-refractivity contribution in [1.29, 1.82) is 0 Å². The molecule has 10 nitrogen and oxygen atoms in total. The van der Waals surface area contributed by atoms with Gasteiger partial charge < -0.3 is 18.6 Å². The fraction of sp³-hybridized carbons (Fsp3) is 0.286. The number of non-ortho nitro benzene ring substituents is 1. The van der Waals surface area contributed by atoms with Crippen LogP contribution in [0.2, 0.25) is 0 Å². The molecule has 0 unspecified atom stereocenters. The van der Waals surface area contributed by atoms with Gasteiger partial charge >= 0.3 is 5.97 Å². The van der Waals surface area contributed by atoms with Crippen molar-refractivity contribution in [1.82, 2.24) is 10.2 Å². The molecule has 0 fully saturated rings. The number of aryl methyl sites for hydroxylation is 1. The highest BCUT2D eigenvalue weighted by Gasteiger charge is 2.20. The highest BCUT2D eigenvalue weighted by atomic mass is 16.6. The maximum Gasteiger partial charge on any atom is 0.306 e. The number of hydrogen-bond donors (Lipinski definition) is 0. The molecule has 2 aromatic carbocycles. The lowest BCUT2D eigenvalue weighted by Gasteiger charge is -2.18. The zero-order valence-corrected chi connectivity index (χ0v) is 16.6. The first kappa shape index (κ1) is 20.3. The molecule has 1 aliphatic rings. The summed E-state index contributed by atoms with van der Waals surface area (Å²) < 4.78 is 22.0. The van der Waals surface area contributed by atoms with Crippen molar-refractivity contribution in [2.75, 3.05) is 13.2 Å². The molecule has 0 spiro atoms. The third-order valence-electron chi connectivity index (χ3n) is 4.65. The molecule has 0 aliphatic carbocycles. The van der Waals surface area contributed by atoms with Gasteiger partial charge in [-0.05, 0) is 43.2 Å². The van der Waals surface area contributed by atoms with Crippen LogP contribution >= 0.6 is 0 Å². The van der Waals surface area contributed by atoms with E-state index in [1.807, 2.05) is 18.2 Å². The molecular formula is C21H19N3O7. The molecule has 10 heteroatoms. The fourth-order valence-electron chi connectivity index (χ4n) is 3.04. The van der Waals surface area contributed by atoms with E-state index in [4.69, 9.17) is 18.6 Å². The Morgan fingerprint density at radius 2 is 1.87 bits per heavy atom. The molecule has 160 valence electrons. The van der Waals surface area contributed by atoms with Crippen molar-refractivity contribution in [2.45, 2.75) is 25.9 Å². The summed E-state index contributed by atoms with van der Waals surface area (Å²) in [4.78, 5) is 22.5. The normalized spacial score (nSPS) is 13.5. The van der Waals surface area contributed by atoms with Gasteiger partial charge in [0.15, 0.2) is 17.6 Å². The first-order valence-electron chi connectivity index (χ1n) is 9.66. The molecule has 0 saturated carbocycles. The van der Waals surface area contributed by atoms with Crippen LogP contribution in [0.4, 0.5) is 5.69 Å². The zero-order valence-electron chi connectivity index (χ0n) is 16.6. The van der Waals surface area contributed by atoms with E-state index >= 15 is 0 Å². The lowest BCUT2D eigenvalue weighted by atomic mass is 10.1. The van der Waals surface area contributed by atoms with E-state index in [1.165, 1.54) is 24.3 Å². The topological polar surface area (TPSA) is 127 Å². The summed E-state index contributed by atoms with van der Waals surface area (Å²) in [5.41, 5.74) is 1.43. The number of hydrogen-bond acceptors (Lipinski definition) is 9. The Balaban J connectivity index is 1.32. The van der Waals surface area contributed by atoms with Gasteiger partial charge in [0.25, 0.3) is 11.6 Å². The second-order valence-corrected chi connectivity index (χ2v) is 6.86. The van der Waals surface area contributed by atoms with Gasteiger partial charge in [-0.25, -0.2) is 0 Å². The van der Waals surface area contributed by atoms with E-state index in [-0.39, 0.29) is 23.9 Å². The molecule has 0 radical (unpaired) electrons. The van der Waals surface area contributed by atoms with Gasteiger partial charge in [-0.2, -0.15) is 0 Å². The minimum Gasteiger partial charge on any atom is -0.486 e. The van der Waals surface area contributed by atoms with E-state index < -0.39 is 17.0 Å². The van der Waals surface area contributed by atoms with Gasteiger partial charge in [0.2, 0.25) is 5.89 Å². The summed E-state index contributed by atoms with van der Waals surface area (Å²) in [5, 5.41) is 18.6. The van der Waals surface area contributed by atoms with Crippen LogP contribution in [-0.4, -0.2) is 34.3 Å². The van der Waals surface area contributed by atoms with Crippen LogP contribution < -0.4 is 9.47 Å². The third kappa shape index (κ3) is 4.80. The number of nitrogens with zero attached hydrogens (tertiary/aromatic N) is 3. The number of carbonyl (C=O) groups is 1. The second kappa shape index (κ2) is 8.82. The lowest BCUT2D eigenvalue weighted by Crippen LogP contribution is -2.15. The van der Waals surface area contributed by atoms with Crippen LogP contribution in [-0.2, 0) is 16.0 Å². The number of nitro groups is 1. The number of carbonyl (C=O) groups excluding carboxylic acids is 1. The zero-order chi connectivity index (χ0) is 21.8. The van der Waals surface area contributed by atoms with E-state index in [9.17, 15) is 14.9 Å². The minimum absolute atomic E-state index is 0.0381. The number of benzene rings is 2. The molecule has 0 bridgehead atoms. The van der Waals surface area contributed by atoms with E-state index in [0.717, 1.165) is 5.56 Å². The van der Waals surface area contributed by atoms with Crippen molar-refractivity contribution in [3.8, 4) is 23.0 Å². The first-order chi connectivity index (χ1) is 15.0. The average Bonchev–Trinajstić information content (AvgIpc) is 3.28. The van der Waals surface area contributed by atoms with Crippen LogP contribution in [0.15, 0.2) is 46.9 Å². The quantitative estimate of drug-likeness (QED) is 0.316. The lowest BCUT2D eigenvalue weighted by molar-refractivity contribution is -0.384. The van der Waals surface area contributed by atoms with Gasteiger partial charge in [0, 0.05) is 24.1 Å². The summed E-state index contributed by atoms with van der Waals surface area (Å²) in [5.74, 6) is 1.30. The summed E-state index contributed by atoms with van der Waals surface area (Å²) in [6.45, 7) is 2.66. The Kier molecular flexibility index (Phi) is 5.78. The van der Waals surface area contributed by atoms with E-state index in [2.05, 4.69) is 10.2 Å². The van der Waals surface area contributed by atoms with Gasteiger partial charge in [0.1, 0.15) is 13.2 Å². The van der Waals surface area contributed by atoms with Crippen LogP contribution in [0.3, 0.4) is 0 Å². The molecule has 2 heterocycles. The summed E-state index contributed by atoms with van der Waals surface area (Å²) in [6, 6.07) is 11.3. The number of esters is 1. The molecule has 1 aliphatic heterocycles. The third-order valence-corrected chi connectivity index (χ3v) is 4.65. The van der Waals surface area contributed by atoms with Crippen LogP contribution in [0.25, 0.3) is 11.5 Å². The van der Waals surface area contributed by atoms with E-state index in [1.54, 1.807) is 6.92 Å². The molecular weight excluding hydrogens is 406 g/mol. The van der Waals surface area contributed by atoms with Gasteiger partial charge in [0.05, 0.1) is 4.92 Å². The molecule has 0 amide bonds. The van der Waals surface area contributed by atoms with Crippen molar-refractivity contribution in [3.05, 3.63) is 64.0 Å². The number of ether oxygens (including phenoxy) is 3. The number of aromatic nitrogens is 2. The number of nitro benzene ring substituents is 1. The molecule has 4 rings (SSSR count). The highest BCUT2D eigenvalue weighted by Crippen LogP contribution is 2.31. The Bertz CT molecular complexity index is 1090. The smallest absolute Gasteiger partial charge is 0.306 e. The Morgan fingerprint density at radius 3 is 2.61 bits per heavy atom. The van der Waals surface area contributed by atoms with E-state index in [0.29, 0.717) is 36.7 Å². The molecule has 3 aromatic rings. The summed E-state index contributed by atoms with van der Waals surface area (Å²) in [7, 11) is 0. The van der Waals surface area contributed by atoms with Crippen molar-refractivity contribution >= 4 is 11.7 Å². The Hall–Kier alpha value is -3.95. The summed E-state index contributed by atoms with van der Waals surface area (Å²) in [6.07, 6.45) is -0.0694. The van der Waals surface area contributed by atoms with Gasteiger partial charge in [-0.15, -0.1) is 10.2 Å². The molecule has 1 aromatic heterocycles. The number of fused-ring (bicyclic) bond motifs is 1. The molecule has 0 N–H and O–H groups in total. The maximum atomic E-state index is 12.2.